The normalized spacial score (nSPS) is 15.0. The molecule has 1 heterocycles. The van der Waals surface area contributed by atoms with E-state index in [1.807, 2.05) is 44.2 Å². The fraction of sp³-hybridized carbons (Fsp3) is 0.421. The van der Waals surface area contributed by atoms with Crippen molar-refractivity contribution in [1.82, 2.24) is 20.4 Å². The molecule has 3 rings (SSSR count). The minimum absolute atomic E-state index is 0.136. The van der Waals surface area contributed by atoms with E-state index in [0.717, 1.165) is 18.4 Å². The van der Waals surface area contributed by atoms with Gasteiger partial charge in [0.25, 0.3) is 5.91 Å². The summed E-state index contributed by atoms with van der Waals surface area (Å²) in [6, 6.07) is 11.2. The predicted octanol–water partition coefficient (Wildman–Crippen LogP) is 2.08. The summed E-state index contributed by atoms with van der Waals surface area (Å²) in [4.78, 5) is 25.0. The van der Waals surface area contributed by atoms with E-state index in [9.17, 15) is 9.59 Å². The number of hydrogen-bond acceptors (Lipinski definition) is 3. The molecule has 1 unspecified atom stereocenters. The van der Waals surface area contributed by atoms with Crippen LogP contribution in [-0.2, 0) is 11.2 Å². The van der Waals surface area contributed by atoms with E-state index < -0.39 is 6.04 Å². The van der Waals surface area contributed by atoms with E-state index in [1.54, 1.807) is 16.9 Å². The van der Waals surface area contributed by atoms with Gasteiger partial charge in [-0.2, -0.15) is 5.10 Å². The largest absolute Gasteiger partial charge is 0.352 e. The van der Waals surface area contributed by atoms with Crippen LogP contribution in [-0.4, -0.2) is 33.7 Å². The minimum Gasteiger partial charge on any atom is -0.352 e. The maximum Gasteiger partial charge on any atom is 0.272 e. The SMILES string of the molecule is CC(C)n1ccc(C(=O)NC(Cc2ccccc2)C(=O)NC2CC2)n1. The molecule has 1 aliphatic carbocycles. The Labute approximate surface area is 147 Å². The zero-order chi connectivity index (χ0) is 17.8. The summed E-state index contributed by atoms with van der Waals surface area (Å²) in [6.45, 7) is 3.99. The molecule has 0 bridgehead atoms. The van der Waals surface area contributed by atoms with Crippen LogP contribution in [0, 0.1) is 0 Å². The van der Waals surface area contributed by atoms with Crippen molar-refractivity contribution in [2.24, 2.45) is 0 Å². The summed E-state index contributed by atoms with van der Waals surface area (Å²) in [5.41, 5.74) is 1.33. The van der Waals surface area contributed by atoms with Crippen LogP contribution in [0.1, 0.15) is 48.8 Å². The van der Waals surface area contributed by atoms with Crippen molar-refractivity contribution in [3.8, 4) is 0 Å². The van der Waals surface area contributed by atoms with E-state index in [4.69, 9.17) is 0 Å². The average Bonchev–Trinajstić information content (AvgIpc) is 3.26. The van der Waals surface area contributed by atoms with Crippen LogP contribution in [0.3, 0.4) is 0 Å². The molecule has 6 heteroatoms. The number of benzene rings is 1. The second-order valence-electron chi connectivity index (χ2n) is 6.77. The van der Waals surface area contributed by atoms with Gasteiger partial charge >= 0.3 is 0 Å². The van der Waals surface area contributed by atoms with Gasteiger partial charge in [-0.1, -0.05) is 30.3 Å². The summed E-state index contributed by atoms with van der Waals surface area (Å²) < 4.78 is 1.73. The van der Waals surface area contributed by atoms with Gasteiger partial charge in [0.15, 0.2) is 0 Å². The highest BCUT2D eigenvalue weighted by Crippen LogP contribution is 2.19. The molecule has 2 aromatic rings. The quantitative estimate of drug-likeness (QED) is 0.810. The number of amides is 2. The van der Waals surface area contributed by atoms with Crippen molar-refractivity contribution in [3.63, 3.8) is 0 Å². The third-order valence-electron chi connectivity index (χ3n) is 4.20. The smallest absolute Gasteiger partial charge is 0.272 e. The summed E-state index contributed by atoms with van der Waals surface area (Å²) >= 11 is 0. The molecule has 1 aliphatic rings. The molecule has 0 saturated heterocycles. The van der Waals surface area contributed by atoms with Crippen LogP contribution in [0.5, 0.6) is 0 Å². The fourth-order valence-electron chi connectivity index (χ4n) is 2.57. The van der Waals surface area contributed by atoms with Gasteiger partial charge in [0.05, 0.1) is 0 Å². The highest BCUT2D eigenvalue weighted by atomic mass is 16.2. The molecular formula is C19H24N4O2. The van der Waals surface area contributed by atoms with E-state index in [1.165, 1.54) is 0 Å². The number of hydrogen-bond donors (Lipinski definition) is 2. The Kier molecular flexibility index (Phi) is 5.16. The first-order chi connectivity index (χ1) is 12.0. The monoisotopic (exact) mass is 340 g/mol. The molecule has 0 spiro atoms. The second kappa shape index (κ2) is 7.51. The molecule has 0 aliphatic heterocycles. The van der Waals surface area contributed by atoms with Crippen molar-refractivity contribution in [3.05, 3.63) is 53.9 Å². The van der Waals surface area contributed by atoms with Gasteiger partial charge in [0.1, 0.15) is 11.7 Å². The van der Waals surface area contributed by atoms with Crippen LogP contribution < -0.4 is 10.6 Å². The van der Waals surface area contributed by atoms with Crippen LogP contribution in [0.4, 0.5) is 0 Å². The summed E-state index contributed by atoms with van der Waals surface area (Å²) in [5.74, 6) is -0.464. The first kappa shape index (κ1) is 17.2. The first-order valence-corrected chi connectivity index (χ1v) is 8.73. The lowest BCUT2D eigenvalue weighted by Crippen LogP contribution is -2.48. The van der Waals surface area contributed by atoms with E-state index in [-0.39, 0.29) is 23.9 Å². The maximum absolute atomic E-state index is 12.5. The molecule has 1 aromatic carbocycles. The lowest BCUT2D eigenvalue weighted by Gasteiger charge is -2.18. The van der Waals surface area contributed by atoms with Crippen molar-refractivity contribution in [1.29, 1.82) is 0 Å². The van der Waals surface area contributed by atoms with Crippen molar-refractivity contribution < 1.29 is 9.59 Å². The zero-order valence-electron chi connectivity index (χ0n) is 14.6. The van der Waals surface area contributed by atoms with Crippen molar-refractivity contribution >= 4 is 11.8 Å². The number of carbonyl (C=O) groups excluding carboxylic acids is 2. The molecule has 1 atom stereocenters. The van der Waals surface area contributed by atoms with Crippen LogP contribution in [0.25, 0.3) is 0 Å². The molecule has 0 radical (unpaired) electrons. The Morgan fingerprint density at radius 1 is 1.20 bits per heavy atom. The molecule has 1 aromatic heterocycles. The maximum atomic E-state index is 12.5. The Bertz CT molecular complexity index is 735. The third kappa shape index (κ3) is 4.68. The van der Waals surface area contributed by atoms with E-state index >= 15 is 0 Å². The molecule has 2 amide bonds. The summed E-state index contributed by atoms with van der Waals surface area (Å²) in [7, 11) is 0. The number of nitrogens with zero attached hydrogens (tertiary/aromatic N) is 2. The van der Waals surface area contributed by atoms with Gasteiger partial charge in [-0.3, -0.25) is 14.3 Å². The Balaban J connectivity index is 1.70. The van der Waals surface area contributed by atoms with Crippen LogP contribution in [0.15, 0.2) is 42.6 Å². The van der Waals surface area contributed by atoms with Crippen molar-refractivity contribution in [2.45, 2.75) is 51.2 Å². The highest BCUT2D eigenvalue weighted by molar-refractivity contribution is 5.96. The minimum atomic E-state index is -0.611. The van der Waals surface area contributed by atoms with Gasteiger partial charge in [0.2, 0.25) is 5.91 Å². The topological polar surface area (TPSA) is 76.0 Å². The number of aromatic nitrogens is 2. The number of rotatable bonds is 7. The van der Waals surface area contributed by atoms with Crippen LogP contribution in [0.2, 0.25) is 0 Å². The number of nitrogens with one attached hydrogen (secondary N) is 2. The third-order valence-corrected chi connectivity index (χ3v) is 4.20. The molecule has 1 fully saturated rings. The fourth-order valence-corrected chi connectivity index (χ4v) is 2.57. The molecule has 1 saturated carbocycles. The molecule has 25 heavy (non-hydrogen) atoms. The van der Waals surface area contributed by atoms with Crippen molar-refractivity contribution in [2.75, 3.05) is 0 Å². The Morgan fingerprint density at radius 3 is 2.52 bits per heavy atom. The number of carbonyl (C=O) groups is 2. The van der Waals surface area contributed by atoms with Gasteiger partial charge < -0.3 is 10.6 Å². The van der Waals surface area contributed by atoms with Gasteiger partial charge in [0, 0.05) is 24.7 Å². The predicted molar refractivity (Wildman–Crippen MR) is 95.2 cm³/mol. The van der Waals surface area contributed by atoms with Crippen LogP contribution >= 0.6 is 0 Å². The Morgan fingerprint density at radius 2 is 1.92 bits per heavy atom. The molecule has 132 valence electrons. The van der Waals surface area contributed by atoms with Gasteiger partial charge in [-0.05, 0) is 38.3 Å². The van der Waals surface area contributed by atoms with Gasteiger partial charge in [-0.25, -0.2) is 0 Å². The first-order valence-electron chi connectivity index (χ1n) is 8.73. The second-order valence-corrected chi connectivity index (χ2v) is 6.77. The average molecular weight is 340 g/mol. The lowest BCUT2D eigenvalue weighted by molar-refractivity contribution is -0.123. The lowest BCUT2D eigenvalue weighted by atomic mass is 10.0. The highest BCUT2D eigenvalue weighted by Gasteiger charge is 2.29. The molecule has 2 N–H and O–H groups in total. The molecule has 6 nitrogen and oxygen atoms in total. The standard InChI is InChI=1S/C19H24N4O2/c1-13(2)23-11-10-16(22-23)18(24)21-17(19(25)20-15-8-9-15)12-14-6-4-3-5-7-14/h3-7,10-11,13,15,17H,8-9,12H2,1-2H3,(H,20,25)(H,21,24). The van der Waals surface area contributed by atoms with E-state index in [2.05, 4.69) is 15.7 Å². The van der Waals surface area contributed by atoms with Gasteiger partial charge in [-0.15, -0.1) is 0 Å². The Hall–Kier alpha value is -2.63. The summed E-state index contributed by atoms with van der Waals surface area (Å²) in [6.07, 6.45) is 4.25. The zero-order valence-corrected chi connectivity index (χ0v) is 14.6. The summed E-state index contributed by atoms with van der Waals surface area (Å²) in [5, 5.41) is 10.1. The molecular weight excluding hydrogens is 316 g/mol. The van der Waals surface area contributed by atoms with E-state index in [0.29, 0.717) is 12.1 Å².